The summed E-state index contributed by atoms with van der Waals surface area (Å²) in [7, 11) is 0. The van der Waals surface area contributed by atoms with Gasteiger partial charge in [-0.25, -0.2) is 4.79 Å². The fourth-order valence-corrected chi connectivity index (χ4v) is 2.26. The lowest BCUT2D eigenvalue weighted by Gasteiger charge is -2.25. The number of benzene rings is 2. The Morgan fingerprint density at radius 2 is 1.95 bits per heavy atom. The standard InChI is InChI=1S/C16H18N2O2/c1-3-18(12-7-4-6-11(2)10-12)14-9-5-8-13(15(14)17)16(19)20/h4-10H,3,17H2,1-2H3,(H,19,20). The van der Waals surface area contributed by atoms with Crippen molar-refractivity contribution in [3.63, 3.8) is 0 Å². The second-order valence-electron chi connectivity index (χ2n) is 4.63. The van der Waals surface area contributed by atoms with Crippen LogP contribution in [-0.2, 0) is 0 Å². The van der Waals surface area contributed by atoms with E-state index >= 15 is 0 Å². The molecule has 0 radical (unpaired) electrons. The van der Waals surface area contributed by atoms with Crippen LogP contribution < -0.4 is 10.6 Å². The van der Waals surface area contributed by atoms with Crippen LogP contribution in [0.5, 0.6) is 0 Å². The fraction of sp³-hybridized carbons (Fsp3) is 0.188. The first kappa shape index (κ1) is 13.9. The number of para-hydroxylation sites is 1. The van der Waals surface area contributed by atoms with Crippen molar-refractivity contribution in [1.29, 1.82) is 0 Å². The first-order valence-electron chi connectivity index (χ1n) is 6.50. The van der Waals surface area contributed by atoms with E-state index in [9.17, 15) is 4.79 Å². The molecule has 0 heterocycles. The van der Waals surface area contributed by atoms with E-state index < -0.39 is 5.97 Å². The number of carbonyl (C=O) groups is 1. The molecule has 3 N–H and O–H groups in total. The number of nitrogens with zero attached hydrogens (tertiary/aromatic N) is 1. The molecular weight excluding hydrogens is 252 g/mol. The van der Waals surface area contributed by atoms with Gasteiger partial charge in [-0.2, -0.15) is 0 Å². The fourth-order valence-electron chi connectivity index (χ4n) is 2.26. The Labute approximate surface area is 118 Å². The Balaban J connectivity index is 2.53. The lowest BCUT2D eigenvalue weighted by atomic mass is 10.1. The van der Waals surface area contributed by atoms with Gasteiger partial charge in [0.1, 0.15) is 0 Å². The monoisotopic (exact) mass is 270 g/mol. The second kappa shape index (κ2) is 5.65. The quantitative estimate of drug-likeness (QED) is 0.835. The number of anilines is 3. The highest BCUT2D eigenvalue weighted by Crippen LogP contribution is 2.32. The lowest BCUT2D eigenvalue weighted by molar-refractivity contribution is 0.0698. The molecule has 4 nitrogen and oxygen atoms in total. The third kappa shape index (κ3) is 2.59. The van der Waals surface area contributed by atoms with Gasteiger partial charge in [0.2, 0.25) is 0 Å². The van der Waals surface area contributed by atoms with E-state index in [1.54, 1.807) is 6.07 Å². The van der Waals surface area contributed by atoms with Crippen LogP contribution in [-0.4, -0.2) is 17.6 Å². The van der Waals surface area contributed by atoms with Gasteiger partial charge in [0.25, 0.3) is 0 Å². The van der Waals surface area contributed by atoms with Crippen molar-refractivity contribution in [3.05, 3.63) is 53.6 Å². The van der Waals surface area contributed by atoms with Gasteiger partial charge in [-0.1, -0.05) is 18.2 Å². The molecule has 2 rings (SSSR count). The average Bonchev–Trinajstić information content (AvgIpc) is 2.41. The molecular formula is C16H18N2O2. The summed E-state index contributed by atoms with van der Waals surface area (Å²) < 4.78 is 0. The third-order valence-corrected chi connectivity index (χ3v) is 3.23. The number of nitrogens with two attached hydrogens (primary N) is 1. The highest BCUT2D eigenvalue weighted by atomic mass is 16.4. The molecule has 0 aromatic heterocycles. The zero-order chi connectivity index (χ0) is 14.7. The predicted molar refractivity (Wildman–Crippen MR) is 81.7 cm³/mol. The van der Waals surface area contributed by atoms with E-state index in [0.29, 0.717) is 12.2 Å². The zero-order valence-corrected chi connectivity index (χ0v) is 11.6. The van der Waals surface area contributed by atoms with E-state index in [2.05, 4.69) is 6.07 Å². The van der Waals surface area contributed by atoms with Crippen molar-refractivity contribution < 1.29 is 9.90 Å². The largest absolute Gasteiger partial charge is 0.478 e. The Morgan fingerprint density at radius 1 is 1.25 bits per heavy atom. The van der Waals surface area contributed by atoms with Gasteiger partial charge < -0.3 is 15.7 Å². The summed E-state index contributed by atoms with van der Waals surface area (Å²) in [4.78, 5) is 13.2. The van der Waals surface area contributed by atoms with Gasteiger partial charge in [-0.15, -0.1) is 0 Å². The summed E-state index contributed by atoms with van der Waals surface area (Å²) in [5, 5.41) is 9.16. The maximum Gasteiger partial charge on any atom is 0.337 e. The Morgan fingerprint density at radius 3 is 2.55 bits per heavy atom. The van der Waals surface area contributed by atoms with Crippen molar-refractivity contribution in [2.45, 2.75) is 13.8 Å². The summed E-state index contributed by atoms with van der Waals surface area (Å²) in [6, 6.07) is 13.1. The van der Waals surface area contributed by atoms with Crippen LogP contribution in [0, 0.1) is 6.92 Å². The number of carboxylic acid groups (broad SMARTS) is 1. The summed E-state index contributed by atoms with van der Waals surface area (Å²) in [5.74, 6) is -1.01. The lowest BCUT2D eigenvalue weighted by Crippen LogP contribution is -2.19. The normalized spacial score (nSPS) is 10.3. The molecule has 0 aliphatic rings. The number of nitrogen functional groups attached to an aromatic ring is 1. The molecule has 0 saturated heterocycles. The van der Waals surface area contributed by atoms with E-state index in [1.165, 1.54) is 6.07 Å². The molecule has 0 aliphatic heterocycles. The SMILES string of the molecule is CCN(c1cccc(C)c1)c1cccc(C(=O)O)c1N. The molecule has 0 aliphatic carbocycles. The van der Waals surface area contributed by atoms with Gasteiger partial charge in [0.15, 0.2) is 0 Å². The minimum atomic E-state index is -1.01. The van der Waals surface area contributed by atoms with Crippen LogP contribution in [0.25, 0.3) is 0 Å². The zero-order valence-electron chi connectivity index (χ0n) is 11.6. The van der Waals surface area contributed by atoms with Crippen molar-refractivity contribution in [1.82, 2.24) is 0 Å². The molecule has 104 valence electrons. The maximum atomic E-state index is 11.2. The summed E-state index contributed by atoms with van der Waals surface area (Å²) in [5.41, 5.74) is 9.31. The summed E-state index contributed by atoms with van der Waals surface area (Å²) in [6.45, 7) is 4.74. The summed E-state index contributed by atoms with van der Waals surface area (Å²) >= 11 is 0. The molecule has 0 spiro atoms. The van der Waals surface area contributed by atoms with Crippen LogP contribution in [0.2, 0.25) is 0 Å². The maximum absolute atomic E-state index is 11.2. The smallest absolute Gasteiger partial charge is 0.337 e. The Kier molecular flexibility index (Phi) is 3.94. The molecule has 0 saturated carbocycles. The molecule has 0 fully saturated rings. The van der Waals surface area contributed by atoms with Gasteiger partial charge in [0, 0.05) is 12.2 Å². The van der Waals surface area contributed by atoms with Gasteiger partial charge in [0.05, 0.1) is 16.9 Å². The number of hydrogen-bond acceptors (Lipinski definition) is 3. The first-order chi connectivity index (χ1) is 9.54. The number of rotatable bonds is 4. The minimum absolute atomic E-state index is 0.133. The predicted octanol–water partition coefficient (Wildman–Crippen LogP) is 3.43. The molecule has 0 amide bonds. The van der Waals surface area contributed by atoms with Gasteiger partial charge >= 0.3 is 5.97 Å². The van der Waals surface area contributed by atoms with Crippen LogP contribution in [0.1, 0.15) is 22.8 Å². The molecule has 2 aromatic carbocycles. The van der Waals surface area contributed by atoms with Crippen molar-refractivity contribution >= 4 is 23.0 Å². The summed E-state index contributed by atoms with van der Waals surface area (Å²) in [6.07, 6.45) is 0. The van der Waals surface area contributed by atoms with E-state index in [-0.39, 0.29) is 5.56 Å². The molecule has 20 heavy (non-hydrogen) atoms. The topological polar surface area (TPSA) is 66.6 Å². The van der Waals surface area contributed by atoms with Gasteiger partial charge in [-0.3, -0.25) is 0 Å². The molecule has 0 atom stereocenters. The van der Waals surface area contributed by atoms with Crippen molar-refractivity contribution in [2.24, 2.45) is 0 Å². The highest BCUT2D eigenvalue weighted by Gasteiger charge is 2.16. The van der Waals surface area contributed by atoms with Crippen LogP contribution in [0.4, 0.5) is 17.1 Å². The van der Waals surface area contributed by atoms with E-state index in [0.717, 1.165) is 16.9 Å². The van der Waals surface area contributed by atoms with E-state index in [4.69, 9.17) is 10.8 Å². The van der Waals surface area contributed by atoms with Gasteiger partial charge in [-0.05, 0) is 43.7 Å². The number of aromatic carboxylic acids is 1. The Bertz CT molecular complexity index is 638. The van der Waals surface area contributed by atoms with Crippen molar-refractivity contribution in [3.8, 4) is 0 Å². The number of hydrogen-bond donors (Lipinski definition) is 2. The second-order valence-corrected chi connectivity index (χ2v) is 4.63. The first-order valence-corrected chi connectivity index (χ1v) is 6.50. The highest BCUT2D eigenvalue weighted by molar-refractivity contribution is 5.98. The minimum Gasteiger partial charge on any atom is -0.478 e. The molecule has 2 aromatic rings. The van der Waals surface area contributed by atoms with Crippen LogP contribution in [0.3, 0.4) is 0 Å². The molecule has 0 bridgehead atoms. The average molecular weight is 270 g/mol. The van der Waals surface area contributed by atoms with E-state index in [1.807, 2.05) is 43.0 Å². The number of carboxylic acids is 1. The van der Waals surface area contributed by atoms with Crippen molar-refractivity contribution in [2.75, 3.05) is 17.2 Å². The van der Waals surface area contributed by atoms with Crippen LogP contribution in [0.15, 0.2) is 42.5 Å². The van der Waals surface area contributed by atoms with Crippen LogP contribution >= 0.6 is 0 Å². The third-order valence-electron chi connectivity index (χ3n) is 3.23. The molecule has 0 unspecified atom stereocenters. The molecule has 4 heteroatoms. The number of aryl methyl sites for hydroxylation is 1. The Hall–Kier alpha value is -2.49.